The SMILES string of the molecule is CCCO[C@@H]1CCCN(C(=O)c2ccc(C(=O)O)cc2)CC1. The maximum absolute atomic E-state index is 12.5. The summed E-state index contributed by atoms with van der Waals surface area (Å²) in [6.45, 7) is 4.28. The highest BCUT2D eigenvalue weighted by atomic mass is 16.5. The number of hydrogen-bond acceptors (Lipinski definition) is 3. The molecule has 22 heavy (non-hydrogen) atoms. The predicted molar refractivity (Wildman–Crippen MR) is 83.2 cm³/mol. The van der Waals surface area contributed by atoms with Crippen LogP contribution < -0.4 is 0 Å². The molecule has 0 aliphatic carbocycles. The summed E-state index contributed by atoms with van der Waals surface area (Å²) in [5, 5.41) is 8.89. The van der Waals surface area contributed by atoms with E-state index in [1.807, 2.05) is 4.90 Å². The van der Waals surface area contributed by atoms with Gasteiger partial charge < -0.3 is 14.7 Å². The molecule has 5 heteroatoms. The number of ether oxygens (including phenoxy) is 1. The van der Waals surface area contributed by atoms with Crippen molar-refractivity contribution in [3.8, 4) is 0 Å². The van der Waals surface area contributed by atoms with Gasteiger partial charge in [-0.05, 0) is 49.9 Å². The first kappa shape index (κ1) is 16.5. The molecule has 5 nitrogen and oxygen atoms in total. The van der Waals surface area contributed by atoms with Crippen molar-refractivity contribution in [3.63, 3.8) is 0 Å². The standard InChI is InChI=1S/C17H23NO4/c1-2-12-22-15-4-3-10-18(11-9-15)16(19)13-5-7-14(8-6-13)17(20)21/h5-8,15H,2-4,9-12H2,1H3,(H,20,21)/t15-/m1/s1. The van der Waals surface area contributed by atoms with Gasteiger partial charge in [0.05, 0.1) is 11.7 Å². The topological polar surface area (TPSA) is 66.8 Å². The van der Waals surface area contributed by atoms with E-state index in [1.54, 1.807) is 12.1 Å². The van der Waals surface area contributed by atoms with Crippen LogP contribution in [0.2, 0.25) is 0 Å². The number of aromatic carboxylic acids is 1. The van der Waals surface area contributed by atoms with Crippen molar-refractivity contribution in [2.75, 3.05) is 19.7 Å². The van der Waals surface area contributed by atoms with Gasteiger partial charge >= 0.3 is 5.97 Å². The monoisotopic (exact) mass is 305 g/mol. The Balaban J connectivity index is 1.96. The molecule has 0 spiro atoms. The highest BCUT2D eigenvalue weighted by Crippen LogP contribution is 2.17. The van der Waals surface area contributed by atoms with Crippen molar-refractivity contribution < 1.29 is 19.4 Å². The van der Waals surface area contributed by atoms with E-state index in [1.165, 1.54) is 12.1 Å². The largest absolute Gasteiger partial charge is 0.478 e. The third-order valence-corrected chi connectivity index (χ3v) is 3.90. The number of carbonyl (C=O) groups is 2. The van der Waals surface area contributed by atoms with Crippen molar-refractivity contribution in [1.29, 1.82) is 0 Å². The smallest absolute Gasteiger partial charge is 0.335 e. The highest BCUT2D eigenvalue weighted by Gasteiger charge is 2.22. The van der Waals surface area contributed by atoms with E-state index >= 15 is 0 Å². The molecule has 0 saturated carbocycles. The number of carbonyl (C=O) groups excluding carboxylic acids is 1. The lowest BCUT2D eigenvalue weighted by Crippen LogP contribution is -2.32. The molecule has 0 aromatic heterocycles. The normalized spacial score (nSPS) is 18.8. The molecule has 2 rings (SSSR count). The fourth-order valence-electron chi connectivity index (χ4n) is 2.66. The van der Waals surface area contributed by atoms with Gasteiger partial charge in [-0.1, -0.05) is 6.92 Å². The first-order valence-corrected chi connectivity index (χ1v) is 7.86. The Labute approximate surface area is 130 Å². The number of hydrogen-bond donors (Lipinski definition) is 1. The molecule has 1 aromatic carbocycles. The zero-order valence-corrected chi connectivity index (χ0v) is 13.0. The van der Waals surface area contributed by atoms with Crippen LogP contribution in [0.4, 0.5) is 0 Å². The molecule has 0 radical (unpaired) electrons. The average Bonchev–Trinajstić information content (AvgIpc) is 2.78. The molecule has 0 unspecified atom stereocenters. The van der Waals surface area contributed by atoms with Crippen molar-refractivity contribution in [2.24, 2.45) is 0 Å². The Kier molecular flexibility index (Phi) is 5.95. The molecule has 120 valence electrons. The maximum atomic E-state index is 12.5. The minimum Gasteiger partial charge on any atom is -0.478 e. The predicted octanol–water partition coefficient (Wildman–Crippen LogP) is 2.81. The summed E-state index contributed by atoms with van der Waals surface area (Å²) in [4.78, 5) is 25.2. The molecular weight excluding hydrogens is 282 g/mol. The second-order valence-corrected chi connectivity index (χ2v) is 5.60. The van der Waals surface area contributed by atoms with Crippen LogP contribution in [-0.2, 0) is 4.74 Å². The first-order chi connectivity index (χ1) is 10.6. The number of carboxylic acid groups (broad SMARTS) is 1. The number of rotatable bonds is 5. The Morgan fingerprint density at radius 1 is 1.18 bits per heavy atom. The van der Waals surface area contributed by atoms with Gasteiger partial charge in [-0.2, -0.15) is 0 Å². The van der Waals surface area contributed by atoms with Gasteiger partial charge in [0.25, 0.3) is 5.91 Å². The van der Waals surface area contributed by atoms with Gasteiger partial charge in [-0.3, -0.25) is 4.79 Å². The third-order valence-electron chi connectivity index (χ3n) is 3.90. The van der Waals surface area contributed by atoms with Crippen LogP contribution in [0, 0.1) is 0 Å². The number of amides is 1. The maximum Gasteiger partial charge on any atom is 0.335 e. The van der Waals surface area contributed by atoms with Crippen LogP contribution in [0.15, 0.2) is 24.3 Å². The number of carboxylic acids is 1. The van der Waals surface area contributed by atoms with Crippen LogP contribution in [0.3, 0.4) is 0 Å². The van der Waals surface area contributed by atoms with Gasteiger partial charge in [0.1, 0.15) is 0 Å². The van der Waals surface area contributed by atoms with E-state index in [0.717, 1.165) is 38.8 Å². The molecular formula is C17H23NO4. The quantitative estimate of drug-likeness (QED) is 0.908. The summed E-state index contributed by atoms with van der Waals surface area (Å²) in [7, 11) is 0. The average molecular weight is 305 g/mol. The van der Waals surface area contributed by atoms with Gasteiger partial charge in [0.2, 0.25) is 0 Å². The lowest BCUT2D eigenvalue weighted by atomic mass is 10.1. The fourth-order valence-corrected chi connectivity index (χ4v) is 2.66. The van der Waals surface area contributed by atoms with Crippen LogP contribution in [-0.4, -0.2) is 47.7 Å². The van der Waals surface area contributed by atoms with E-state index in [0.29, 0.717) is 12.1 Å². The molecule has 1 aliphatic heterocycles. The van der Waals surface area contributed by atoms with Gasteiger partial charge in [-0.15, -0.1) is 0 Å². The van der Waals surface area contributed by atoms with E-state index < -0.39 is 5.97 Å². The summed E-state index contributed by atoms with van der Waals surface area (Å²) in [5.74, 6) is -1.02. The third kappa shape index (κ3) is 4.31. The number of benzene rings is 1. The molecule has 1 saturated heterocycles. The van der Waals surface area contributed by atoms with Crippen LogP contribution in [0.5, 0.6) is 0 Å². The molecule has 1 aromatic rings. The van der Waals surface area contributed by atoms with Crippen LogP contribution >= 0.6 is 0 Å². The first-order valence-electron chi connectivity index (χ1n) is 7.86. The van der Waals surface area contributed by atoms with Gasteiger partial charge in [0.15, 0.2) is 0 Å². The number of likely N-dealkylation sites (tertiary alicyclic amines) is 1. The molecule has 1 aliphatic rings. The van der Waals surface area contributed by atoms with E-state index in [2.05, 4.69) is 6.92 Å². The van der Waals surface area contributed by atoms with Crippen molar-refractivity contribution in [3.05, 3.63) is 35.4 Å². The molecule has 1 fully saturated rings. The molecule has 1 heterocycles. The van der Waals surface area contributed by atoms with Crippen LogP contribution in [0.1, 0.15) is 53.3 Å². The second kappa shape index (κ2) is 7.94. The Hall–Kier alpha value is -1.88. The lowest BCUT2D eigenvalue weighted by Gasteiger charge is -2.21. The Morgan fingerprint density at radius 3 is 2.50 bits per heavy atom. The zero-order chi connectivity index (χ0) is 15.9. The Bertz CT molecular complexity index is 512. The second-order valence-electron chi connectivity index (χ2n) is 5.60. The molecule has 1 atom stereocenters. The summed E-state index contributed by atoms with van der Waals surface area (Å²) in [6.07, 6.45) is 4.04. The minimum absolute atomic E-state index is 0.0342. The summed E-state index contributed by atoms with van der Waals surface area (Å²) >= 11 is 0. The van der Waals surface area contributed by atoms with Crippen molar-refractivity contribution in [1.82, 2.24) is 4.90 Å². The lowest BCUT2D eigenvalue weighted by molar-refractivity contribution is 0.0432. The molecule has 1 amide bonds. The van der Waals surface area contributed by atoms with Crippen molar-refractivity contribution >= 4 is 11.9 Å². The van der Waals surface area contributed by atoms with Crippen molar-refractivity contribution in [2.45, 2.75) is 38.7 Å². The molecule has 1 N–H and O–H groups in total. The Morgan fingerprint density at radius 2 is 1.86 bits per heavy atom. The van der Waals surface area contributed by atoms with Gasteiger partial charge in [-0.25, -0.2) is 4.79 Å². The number of nitrogens with zero attached hydrogens (tertiary/aromatic N) is 1. The van der Waals surface area contributed by atoms with E-state index in [9.17, 15) is 9.59 Å². The highest BCUT2D eigenvalue weighted by molar-refractivity contribution is 5.95. The van der Waals surface area contributed by atoms with Crippen LogP contribution in [0.25, 0.3) is 0 Å². The fraction of sp³-hybridized carbons (Fsp3) is 0.529. The zero-order valence-electron chi connectivity index (χ0n) is 13.0. The summed E-state index contributed by atoms with van der Waals surface area (Å²) < 4.78 is 5.78. The summed E-state index contributed by atoms with van der Waals surface area (Å²) in [6, 6.07) is 6.12. The minimum atomic E-state index is -0.982. The van der Waals surface area contributed by atoms with E-state index in [-0.39, 0.29) is 17.6 Å². The van der Waals surface area contributed by atoms with E-state index in [4.69, 9.17) is 9.84 Å². The molecule has 0 bridgehead atoms. The summed E-state index contributed by atoms with van der Waals surface area (Å²) in [5.41, 5.74) is 0.735. The van der Waals surface area contributed by atoms with Gasteiger partial charge in [0, 0.05) is 25.3 Å².